The van der Waals surface area contributed by atoms with Crippen LogP contribution in [0.5, 0.6) is 0 Å². The van der Waals surface area contributed by atoms with Crippen molar-refractivity contribution < 1.29 is 13.2 Å². The van der Waals surface area contributed by atoms with Crippen molar-refractivity contribution in [3.8, 4) is 0 Å². The molecule has 0 N–H and O–H groups in total. The van der Waals surface area contributed by atoms with Gasteiger partial charge in [-0.05, 0) is 44.1 Å². The van der Waals surface area contributed by atoms with Crippen LogP contribution in [-0.2, 0) is 18.1 Å². The number of piperidine rings is 1. The fourth-order valence-electron chi connectivity index (χ4n) is 3.88. The summed E-state index contributed by atoms with van der Waals surface area (Å²) in [4.78, 5) is 11.2. The van der Waals surface area contributed by atoms with Gasteiger partial charge in [0.2, 0.25) is 0 Å². The van der Waals surface area contributed by atoms with E-state index in [-0.39, 0.29) is 17.0 Å². The first-order chi connectivity index (χ1) is 14.1. The average Bonchev–Trinajstić information content (AvgIpc) is 3.12. The van der Waals surface area contributed by atoms with E-state index in [0.29, 0.717) is 11.4 Å². The molecule has 0 amide bonds. The van der Waals surface area contributed by atoms with E-state index in [4.69, 9.17) is 0 Å². The Labute approximate surface area is 173 Å². The average molecular weight is 417 g/mol. The van der Waals surface area contributed by atoms with Crippen molar-refractivity contribution in [3.63, 3.8) is 0 Å². The molecule has 4 rings (SSSR count). The third-order valence-electron chi connectivity index (χ3n) is 5.62. The fraction of sp³-hybridized carbons (Fsp3) is 0.500. The number of rotatable bonds is 3. The third-order valence-corrected chi connectivity index (χ3v) is 5.62. The van der Waals surface area contributed by atoms with Crippen molar-refractivity contribution in [2.24, 2.45) is 0 Å². The van der Waals surface area contributed by atoms with Crippen molar-refractivity contribution in [2.45, 2.75) is 57.7 Å². The van der Waals surface area contributed by atoms with Crippen LogP contribution in [0.2, 0.25) is 0 Å². The minimum atomic E-state index is -4.49. The van der Waals surface area contributed by atoms with Gasteiger partial charge < -0.3 is 0 Å². The van der Waals surface area contributed by atoms with E-state index in [9.17, 15) is 13.2 Å². The Balaban J connectivity index is 1.58. The van der Waals surface area contributed by atoms with Crippen LogP contribution in [0, 0.1) is 0 Å². The molecule has 160 valence electrons. The smallest absolute Gasteiger partial charge is 0.297 e. The first-order valence-electron chi connectivity index (χ1n) is 10.2. The molecule has 0 aromatic carbocycles. The van der Waals surface area contributed by atoms with Crippen LogP contribution < -0.4 is 0 Å². The number of hydrogen-bond donors (Lipinski definition) is 0. The SMILES string of the molecule is CC(C)(C)c1cc2nc(C3CCN(Cc4ccccn4)CC3)cc(C(F)(F)F)n2n1. The largest absolute Gasteiger partial charge is 0.433 e. The van der Waals surface area contributed by atoms with Gasteiger partial charge in [-0.15, -0.1) is 0 Å². The van der Waals surface area contributed by atoms with E-state index in [1.807, 2.05) is 39.0 Å². The van der Waals surface area contributed by atoms with E-state index in [2.05, 4.69) is 20.0 Å². The van der Waals surface area contributed by atoms with Crippen LogP contribution in [0.4, 0.5) is 13.2 Å². The van der Waals surface area contributed by atoms with Gasteiger partial charge in [0.05, 0.1) is 11.4 Å². The summed E-state index contributed by atoms with van der Waals surface area (Å²) in [5, 5.41) is 4.21. The van der Waals surface area contributed by atoms with Crippen LogP contribution in [0.25, 0.3) is 5.65 Å². The molecule has 8 heteroatoms. The van der Waals surface area contributed by atoms with Crippen LogP contribution in [-0.4, -0.2) is 37.6 Å². The first kappa shape index (κ1) is 20.8. The van der Waals surface area contributed by atoms with Crippen LogP contribution >= 0.6 is 0 Å². The molecule has 5 nitrogen and oxygen atoms in total. The van der Waals surface area contributed by atoms with E-state index >= 15 is 0 Å². The van der Waals surface area contributed by atoms with Crippen LogP contribution in [0.1, 0.15) is 62.3 Å². The molecule has 0 radical (unpaired) electrons. The maximum absolute atomic E-state index is 13.8. The highest BCUT2D eigenvalue weighted by Crippen LogP contribution is 2.35. The molecular weight excluding hydrogens is 391 g/mol. The summed E-state index contributed by atoms with van der Waals surface area (Å²) < 4.78 is 42.3. The summed E-state index contributed by atoms with van der Waals surface area (Å²) in [6.45, 7) is 8.16. The van der Waals surface area contributed by atoms with Crippen molar-refractivity contribution in [3.05, 3.63) is 59.3 Å². The maximum atomic E-state index is 13.8. The normalized spacial score (nSPS) is 17.0. The highest BCUT2D eigenvalue weighted by Gasteiger charge is 2.37. The minimum absolute atomic E-state index is 0.00377. The molecule has 1 aliphatic rings. The Kier molecular flexibility index (Phi) is 5.30. The topological polar surface area (TPSA) is 46.3 Å². The number of likely N-dealkylation sites (tertiary alicyclic amines) is 1. The van der Waals surface area contributed by atoms with Gasteiger partial charge in [0, 0.05) is 35.8 Å². The van der Waals surface area contributed by atoms with Gasteiger partial charge in [0.15, 0.2) is 5.65 Å². The molecule has 1 fully saturated rings. The first-order valence-corrected chi connectivity index (χ1v) is 10.2. The summed E-state index contributed by atoms with van der Waals surface area (Å²) in [6, 6.07) is 8.70. The van der Waals surface area contributed by atoms with Crippen LogP contribution in [0.3, 0.4) is 0 Å². The second-order valence-corrected chi connectivity index (χ2v) is 8.99. The molecule has 1 saturated heterocycles. The van der Waals surface area contributed by atoms with E-state index in [1.54, 1.807) is 12.3 Å². The zero-order chi connectivity index (χ0) is 21.5. The molecule has 0 aliphatic carbocycles. The van der Waals surface area contributed by atoms with Crippen LogP contribution in [0.15, 0.2) is 36.5 Å². The monoisotopic (exact) mass is 417 g/mol. The summed E-state index contributed by atoms with van der Waals surface area (Å²) in [5.41, 5.74) is 1.27. The van der Waals surface area contributed by atoms with Gasteiger partial charge in [0.1, 0.15) is 5.69 Å². The molecular formula is C22H26F3N5. The number of pyridine rings is 1. The maximum Gasteiger partial charge on any atom is 0.433 e. The predicted molar refractivity (Wildman–Crippen MR) is 108 cm³/mol. The lowest BCUT2D eigenvalue weighted by molar-refractivity contribution is -0.142. The molecule has 30 heavy (non-hydrogen) atoms. The van der Waals surface area contributed by atoms with Crippen molar-refractivity contribution >= 4 is 5.65 Å². The summed E-state index contributed by atoms with van der Waals surface area (Å²) in [5.74, 6) is 0.00377. The Hall–Kier alpha value is -2.48. The lowest BCUT2D eigenvalue weighted by Gasteiger charge is -2.31. The number of nitrogens with zero attached hydrogens (tertiary/aromatic N) is 5. The molecule has 0 atom stereocenters. The lowest BCUT2D eigenvalue weighted by atomic mass is 9.92. The minimum Gasteiger partial charge on any atom is -0.297 e. The zero-order valence-electron chi connectivity index (χ0n) is 17.4. The lowest BCUT2D eigenvalue weighted by Crippen LogP contribution is -2.33. The summed E-state index contributed by atoms with van der Waals surface area (Å²) in [7, 11) is 0. The van der Waals surface area contributed by atoms with Crippen molar-refractivity contribution in [1.29, 1.82) is 0 Å². The molecule has 3 aromatic heterocycles. The number of alkyl halides is 3. The Morgan fingerprint density at radius 1 is 1.07 bits per heavy atom. The van der Waals surface area contributed by atoms with E-state index < -0.39 is 11.9 Å². The number of fused-ring (bicyclic) bond motifs is 1. The predicted octanol–water partition coefficient (Wildman–Crippen LogP) is 4.82. The summed E-state index contributed by atoms with van der Waals surface area (Å²) >= 11 is 0. The molecule has 0 bridgehead atoms. The van der Waals surface area contributed by atoms with E-state index in [0.717, 1.165) is 42.7 Å². The van der Waals surface area contributed by atoms with Gasteiger partial charge in [-0.25, -0.2) is 9.50 Å². The third kappa shape index (κ3) is 4.33. The van der Waals surface area contributed by atoms with Gasteiger partial charge in [-0.1, -0.05) is 26.8 Å². The molecule has 0 unspecified atom stereocenters. The van der Waals surface area contributed by atoms with Gasteiger partial charge >= 0.3 is 6.18 Å². The van der Waals surface area contributed by atoms with Gasteiger partial charge in [-0.2, -0.15) is 18.3 Å². The Morgan fingerprint density at radius 3 is 2.40 bits per heavy atom. The number of aromatic nitrogens is 4. The quantitative estimate of drug-likeness (QED) is 0.613. The standard InChI is InChI=1S/C22H26F3N5/c1-21(2,3)18-13-20-27-17(12-19(22(23,24)25)30(20)28-18)15-7-10-29(11-8-15)14-16-6-4-5-9-26-16/h4-6,9,12-13,15H,7-8,10-11,14H2,1-3H3. The van der Waals surface area contributed by atoms with E-state index in [1.165, 1.54) is 6.07 Å². The molecule has 3 aromatic rings. The second-order valence-electron chi connectivity index (χ2n) is 8.99. The Bertz CT molecular complexity index is 1010. The molecule has 1 aliphatic heterocycles. The highest BCUT2D eigenvalue weighted by molar-refractivity contribution is 5.44. The molecule has 0 spiro atoms. The number of hydrogen-bond acceptors (Lipinski definition) is 4. The fourth-order valence-corrected chi connectivity index (χ4v) is 3.88. The van der Waals surface area contributed by atoms with Crippen molar-refractivity contribution in [2.75, 3.05) is 13.1 Å². The van der Waals surface area contributed by atoms with Gasteiger partial charge in [0.25, 0.3) is 0 Å². The molecule has 0 saturated carbocycles. The zero-order valence-corrected chi connectivity index (χ0v) is 17.4. The second kappa shape index (κ2) is 7.65. The summed E-state index contributed by atoms with van der Waals surface area (Å²) in [6.07, 6.45) is -1.17. The van der Waals surface area contributed by atoms with Crippen molar-refractivity contribution in [1.82, 2.24) is 24.5 Å². The molecule has 4 heterocycles. The number of halogens is 3. The Morgan fingerprint density at radius 2 is 1.80 bits per heavy atom. The van der Waals surface area contributed by atoms with Gasteiger partial charge in [-0.3, -0.25) is 9.88 Å². The highest BCUT2D eigenvalue weighted by atomic mass is 19.4.